The van der Waals surface area contributed by atoms with Crippen molar-refractivity contribution in [2.45, 2.75) is 33.2 Å². The van der Waals surface area contributed by atoms with Gasteiger partial charge in [-0.25, -0.2) is 0 Å². The molecule has 0 saturated heterocycles. The third kappa shape index (κ3) is 5.50. The highest BCUT2D eigenvalue weighted by Gasteiger charge is 2.15. The lowest BCUT2D eigenvalue weighted by Gasteiger charge is -2.06. The van der Waals surface area contributed by atoms with E-state index in [1.54, 1.807) is 17.5 Å². The number of rotatable bonds is 3. The highest BCUT2D eigenvalue weighted by molar-refractivity contribution is 7.12. The minimum atomic E-state index is -1.04. The zero-order valence-electron chi connectivity index (χ0n) is 9.69. The smallest absolute Gasteiger partial charge is 0.325 e. The van der Waals surface area contributed by atoms with Gasteiger partial charge in [0, 0.05) is 1.43 Å². The largest absolute Gasteiger partial charge is 0.480 e. The topological polar surface area (TPSA) is 66.4 Å². The van der Waals surface area contributed by atoms with Crippen LogP contribution in [0.2, 0.25) is 0 Å². The van der Waals surface area contributed by atoms with Gasteiger partial charge >= 0.3 is 5.97 Å². The molecule has 1 aromatic rings. The molecule has 1 aromatic heterocycles. The van der Waals surface area contributed by atoms with Gasteiger partial charge in [-0.15, -0.1) is 11.3 Å². The second-order valence-electron chi connectivity index (χ2n) is 3.22. The Bertz CT molecular complexity index is 327. The Kier molecular flexibility index (Phi) is 7.20. The van der Waals surface area contributed by atoms with Gasteiger partial charge in [0.15, 0.2) is 0 Å². The lowest BCUT2D eigenvalue weighted by atomic mass is 10.3. The van der Waals surface area contributed by atoms with Crippen LogP contribution in [0.3, 0.4) is 0 Å². The summed E-state index contributed by atoms with van der Waals surface area (Å²) in [6, 6.07) is 2.54. The van der Waals surface area contributed by atoms with E-state index in [0.717, 1.165) is 0 Å². The minimum absolute atomic E-state index is 0. The standard InChI is InChI=1S/C8H9NO3S.C3H8.H2/c1-5(8(11)12)9-7(10)6-3-2-4-13-6;1-3-2;/h2-5H,1H3,(H,9,10)(H,11,12);3H2,1-2H3;1H/t5-;;/m0../s1. The number of carbonyl (C=O) groups excluding carboxylic acids is 1. The van der Waals surface area contributed by atoms with E-state index in [9.17, 15) is 9.59 Å². The number of hydrogen-bond donors (Lipinski definition) is 2. The molecule has 0 radical (unpaired) electrons. The van der Waals surface area contributed by atoms with Gasteiger partial charge in [0.25, 0.3) is 5.91 Å². The van der Waals surface area contributed by atoms with E-state index < -0.39 is 12.0 Å². The molecular formula is C11H19NO3S. The van der Waals surface area contributed by atoms with Crippen LogP contribution in [0, 0.1) is 0 Å². The normalized spacial score (nSPS) is 10.9. The summed E-state index contributed by atoms with van der Waals surface area (Å²) < 4.78 is 0. The van der Waals surface area contributed by atoms with Gasteiger partial charge in [0.1, 0.15) is 6.04 Å². The van der Waals surface area contributed by atoms with E-state index in [1.165, 1.54) is 24.7 Å². The molecule has 0 spiro atoms. The predicted molar refractivity (Wildman–Crippen MR) is 67.0 cm³/mol. The van der Waals surface area contributed by atoms with E-state index in [-0.39, 0.29) is 7.33 Å². The van der Waals surface area contributed by atoms with Crippen molar-refractivity contribution >= 4 is 23.2 Å². The van der Waals surface area contributed by atoms with Crippen molar-refractivity contribution in [2.75, 3.05) is 0 Å². The Morgan fingerprint density at radius 2 is 2.12 bits per heavy atom. The lowest BCUT2D eigenvalue weighted by Crippen LogP contribution is -2.37. The monoisotopic (exact) mass is 245 g/mol. The van der Waals surface area contributed by atoms with Gasteiger partial charge in [0.2, 0.25) is 0 Å². The van der Waals surface area contributed by atoms with Gasteiger partial charge in [-0.2, -0.15) is 0 Å². The van der Waals surface area contributed by atoms with E-state index in [2.05, 4.69) is 19.2 Å². The van der Waals surface area contributed by atoms with Crippen LogP contribution in [-0.2, 0) is 4.79 Å². The van der Waals surface area contributed by atoms with Crippen molar-refractivity contribution in [3.63, 3.8) is 0 Å². The van der Waals surface area contributed by atoms with Gasteiger partial charge in [0.05, 0.1) is 4.88 Å². The molecule has 1 rings (SSSR count). The zero-order valence-corrected chi connectivity index (χ0v) is 10.5. The number of aliphatic carboxylic acids is 1. The first kappa shape index (κ1) is 14.6. The van der Waals surface area contributed by atoms with Crippen molar-refractivity contribution in [3.8, 4) is 0 Å². The molecule has 0 aliphatic carbocycles. The molecule has 0 fully saturated rings. The SMILES string of the molecule is CCC.C[C@H](NC(=O)c1cccs1)C(=O)O.[HH]. The molecule has 0 aromatic carbocycles. The summed E-state index contributed by atoms with van der Waals surface area (Å²) in [7, 11) is 0. The molecule has 0 saturated carbocycles. The molecule has 4 nitrogen and oxygen atoms in total. The molecule has 5 heteroatoms. The number of nitrogens with one attached hydrogen (secondary N) is 1. The first-order valence-electron chi connectivity index (χ1n) is 5.10. The predicted octanol–water partition coefficient (Wildman–Crippen LogP) is 2.61. The first-order chi connectivity index (χ1) is 7.52. The van der Waals surface area contributed by atoms with Gasteiger partial charge in [-0.05, 0) is 18.4 Å². The summed E-state index contributed by atoms with van der Waals surface area (Å²) in [4.78, 5) is 22.2. The second kappa shape index (κ2) is 7.87. The Morgan fingerprint density at radius 3 is 2.50 bits per heavy atom. The van der Waals surface area contributed by atoms with Crippen LogP contribution < -0.4 is 5.32 Å². The minimum Gasteiger partial charge on any atom is -0.480 e. The fourth-order valence-corrected chi connectivity index (χ4v) is 1.36. The average molecular weight is 245 g/mol. The average Bonchev–Trinajstić information content (AvgIpc) is 2.71. The van der Waals surface area contributed by atoms with E-state index in [1.807, 2.05) is 0 Å². The second-order valence-corrected chi connectivity index (χ2v) is 4.17. The molecule has 1 heterocycles. The van der Waals surface area contributed by atoms with Gasteiger partial charge in [-0.3, -0.25) is 9.59 Å². The molecule has 92 valence electrons. The fraction of sp³-hybridized carbons (Fsp3) is 0.455. The summed E-state index contributed by atoms with van der Waals surface area (Å²) in [6.45, 7) is 5.67. The third-order valence-electron chi connectivity index (χ3n) is 1.46. The van der Waals surface area contributed by atoms with Crippen LogP contribution in [-0.4, -0.2) is 23.0 Å². The van der Waals surface area contributed by atoms with E-state index in [4.69, 9.17) is 5.11 Å². The molecule has 0 aliphatic rings. The van der Waals surface area contributed by atoms with Crippen molar-refractivity contribution < 1.29 is 16.1 Å². The Balaban J connectivity index is 0. The van der Waals surface area contributed by atoms with Crippen LogP contribution in [0.5, 0.6) is 0 Å². The maximum absolute atomic E-state index is 11.3. The van der Waals surface area contributed by atoms with Crippen molar-refractivity contribution in [1.82, 2.24) is 5.32 Å². The maximum atomic E-state index is 11.3. The molecule has 2 N–H and O–H groups in total. The molecule has 16 heavy (non-hydrogen) atoms. The fourth-order valence-electron chi connectivity index (χ4n) is 0.737. The first-order valence-corrected chi connectivity index (χ1v) is 5.98. The van der Waals surface area contributed by atoms with Crippen LogP contribution in [0.1, 0.15) is 38.3 Å². The van der Waals surface area contributed by atoms with Crippen LogP contribution in [0.25, 0.3) is 0 Å². The zero-order chi connectivity index (χ0) is 12.6. The maximum Gasteiger partial charge on any atom is 0.325 e. The number of amides is 1. The highest BCUT2D eigenvalue weighted by Crippen LogP contribution is 2.07. The Morgan fingerprint density at radius 1 is 1.56 bits per heavy atom. The summed E-state index contributed by atoms with van der Waals surface area (Å²) >= 11 is 1.28. The summed E-state index contributed by atoms with van der Waals surface area (Å²) in [5.41, 5.74) is 0. The number of thiophene rings is 1. The molecule has 0 aliphatic heterocycles. The van der Waals surface area contributed by atoms with E-state index in [0.29, 0.717) is 4.88 Å². The summed E-state index contributed by atoms with van der Waals surface area (Å²) in [5.74, 6) is -1.38. The molecule has 0 bridgehead atoms. The summed E-state index contributed by atoms with van der Waals surface area (Å²) in [5, 5.41) is 12.6. The van der Waals surface area contributed by atoms with E-state index >= 15 is 0 Å². The van der Waals surface area contributed by atoms with Crippen LogP contribution in [0.15, 0.2) is 17.5 Å². The number of carboxylic acid groups (broad SMARTS) is 1. The van der Waals surface area contributed by atoms with Crippen molar-refractivity contribution in [1.29, 1.82) is 0 Å². The summed E-state index contributed by atoms with van der Waals surface area (Å²) in [6.07, 6.45) is 1.25. The number of hydrogen-bond acceptors (Lipinski definition) is 3. The number of carbonyl (C=O) groups is 2. The van der Waals surface area contributed by atoms with Crippen LogP contribution in [0.4, 0.5) is 0 Å². The number of carboxylic acids is 1. The molecule has 0 unspecified atom stereocenters. The lowest BCUT2D eigenvalue weighted by molar-refractivity contribution is -0.138. The van der Waals surface area contributed by atoms with Gasteiger partial charge < -0.3 is 10.4 Å². The van der Waals surface area contributed by atoms with Gasteiger partial charge in [-0.1, -0.05) is 26.3 Å². The highest BCUT2D eigenvalue weighted by atomic mass is 32.1. The molecular weight excluding hydrogens is 226 g/mol. The molecule has 1 amide bonds. The molecule has 1 atom stereocenters. The van der Waals surface area contributed by atoms with Crippen LogP contribution >= 0.6 is 11.3 Å². The van der Waals surface area contributed by atoms with Crippen molar-refractivity contribution in [3.05, 3.63) is 22.4 Å². The Hall–Kier alpha value is -1.36. The Labute approximate surface area is 101 Å². The third-order valence-corrected chi connectivity index (χ3v) is 2.33. The van der Waals surface area contributed by atoms with Crippen molar-refractivity contribution in [2.24, 2.45) is 0 Å². The quantitative estimate of drug-likeness (QED) is 0.860.